The number of nitrogen functional groups attached to an aromatic ring is 1. The van der Waals surface area contributed by atoms with E-state index in [0.29, 0.717) is 36.0 Å². The summed E-state index contributed by atoms with van der Waals surface area (Å²) in [7, 11) is 0. The molecule has 0 bridgehead atoms. The van der Waals surface area contributed by atoms with Gasteiger partial charge in [0.15, 0.2) is 0 Å². The van der Waals surface area contributed by atoms with Gasteiger partial charge in [0.25, 0.3) is 0 Å². The number of nitrogens with one attached hydrogen (secondary N) is 2. The predicted molar refractivity (Wildman–Crippen MR) is 103 cm³/mol. The first-order valence-corrected chi connectivity index (χ1v) is 9.15. The highest BCUT2D eigenvalue weighted by atomic mass is 16.3. The molecule has 0 spiro atoms. The van der Waals surface area contributed by atoms with Gasteiger partial charge in [-0.15, -0.1) is 0 Å². The minimum absolute atomic E-state index is 0.0121. The molecule has 138 valence electrons. The first kappa shape index (κ1) is 18.2. The molecule has 2 aromatic rings. The van der Waals surface area contributed by atoms with Gasteiger partial charge in [-0.1, -0.05) is 19.1 Å². The third-order valence-corrected chi connectivity index (χ3v) is 4.89. The van der Waals surface area contributed by atoms with Gasteiger partial charge in [0.2, 0.25) is 5.91 Å². The standard InChI is InChI=1S/C20H26N4O2/c1-2-19(26)23-12-16-15(13-6-5-9-22-11-13)10-17(24-20(16)21)14-7-3-4-8-18(14)25/h3-4,7-8,10,13,22,25H,2,5-6,9,11-12H2,1H3,(H2,21,24)(H,23,26). The summed E-state index contributed by atoms with van der Waals surface area (Å²) in [6.45, 7) is 4.09. The van der Waals surface area contributed by atoms with Crippen molar-refractivity contribution in [1.82, 2.24) is 15.6 Å². The van der Waals surface area contributed by atoms with E-state index in [-0.39, 0.29) is 11.7 Å². The Morgan fingerprint density at radius 3 is 2.92 bits per heavy atom. The maximum absolute atomic E-state index is 11.7. The molecule has 6 nitrogen and oxygen atoms in total. The molecule has 5 N–H and O–H groups in total. The number of anilines is 1. The van der Waals surface area contributed by atoms with E-state index in [1.54, 1.807) is 12.1 Å². The number of phenolic OH excluding ortho intramolecular Hbond substituents is 1. The highest BCUT2D eigenvalue weighted by Crippen LogP contribution is 2.35. The molecule has 1 saturated heterocycles. The van der Waals surface area contributed by atoms with Crippen LogP contribution in [0.1, 0.15) is 43.2 Å². The number of pyridine rings is 1. The van der Waals surface area contributed by atoms with E-state index in [4.69, 9.17) is 5.73 Å². The van der Waals surface area contributed by atoms with E-state index in [2.05, 4.69) is 15.6 Å². The van der Waals surface area contributed by atoms with E-state index in [0.717, 1.165) is 37.1 Å². The Balaban J connectivity index is 2.03. The normalized spacial score (nSPS) is 17.0. The molecule has 1 aliphatic rings. The number of nitrogens with two attached hydrogens (primary N) is 1. The number of phenols is 1. The lowest BCUT2D eigenvalue weighted by Crippen LogP contribution is -2.30. The fourth-order valence-electron chi connectivity index (χ4n) is 3.43. The number of carbonyl (C=O) groups is 1. The summed E-state index contributed by atoms with van der Waals surface area (Å²) in [4.78, 5) is 16.2. The van der Waals surface area contributed by atoms with Crippen LogP contribution in [0.2, 0.25) is 0 Å². The number of amides is 1. The van der Waals surface area contributed by atoms with Crippen LogP contribution in [0, 0.1) is 0 Å². The van der Waals surface area contributed by atoms with Crippen LogP contribution in [0.3, 0.4) is 0 Å². The Hall–Kier alpha value is -2.60. The molecule has 1 aliphatic heterocycles. The number of piperidine rings is 1. The maximum atomic E-state index is 11.7. The van der Waals surface area contributed by atoms with Gasteiger partial charge in [-0.2, -0.15) is 0 Å². The average Bonchev–Trinajstić information content (AvgIpc) is 2.67. The third-order valence-electron chi connectivity index (χ3n) is 4.89. The quantitative estimate of drug-likeness (QED) is 0.661. The van der Waals surface area contributed by atoms with E-state index < -0.39 is 0 Å². The third kappa shape index (κ3) is 3.96. The Morgan fingerprint density at radius 1 is 1.42 bits per heavy atom. The van der Waals surface area contributed by atoms with Crippen LogP contribution in [0.15, 0.2) is 30.3 Å². The average molecular weight is 354 g/mol. The van der Waals surface area contributed by atoms with Crippen LogP contribution in [-0.4, -0.2) is 29.1 Å². The number of rotatable bonds is 5. The number of hydrogen-bond donors (Lipinski definition) is 4. The zero-order valence-electron chi connectivity index (χ0n) is 15.1. The molecule has 0 aliphatic carbocycles. The lowest BCUT2D eigenvalue weighted by molar-refractivity contribution is -0.120. The monoisotopic (exact) mass is 354 g/mol. The number of carbonyl (C=O) groups excluding carboxylic acids is 1. The van der Waals surface area contributed by atoms with Crippen molar-refractivity contribution in [3.63, 3.8) is 0 Å². The summed E-state index contributed by atoms with van der Waals surface area (Å²) in [5.41, 5.74) is 9.57. The summed E-state index contributed by atoms with van der Waals surface area (Å²) in [6, 6.07) is 9.13. The Kier molecular flexibility index (Phi) is 5.73. The number of aromatic nitrogens is 1. The van der Waals surface area contributed by atoms with Crippen LogP contribution in [0.25, 0.3) is 11.3 Å². The van der Waals surface area contributed by atoms with Crippen molar-refractivity contribution in [2.45, 2.75) is 38.6 Å². The summed E-state index contributed by atoms with van der Waals surface area (Å²) in [5.74, 6) is 0.885. The first-order valence-electron chi connectivity index (χ1n) is 9.15. The molecule has 0 radical (unpaired) electrons. The largest absolute Gasteiger partial charge is 0.507 e. The summed E-state index contributed by atoms with van der Waals surface area (Å²) in [6.07, 6.45) is 2.59. The van der Waals surface area contributed by atoms with Crippen molar-refractivity contribution in [2.75, 3.05) is 18.8 Å². The smallest absolute Gasteiger partial charge is 0.219 e. The Bertz CT molecular complexity index is 785. The lowest BCUT2D eigenvalue weighted by atomic mass is 9.87. The number of benzene rings is 1. The highest BCUT2D eigenvalue weighted by molar-refractivity contribution is 5.76. The number of para-hydroxylation sites is 1. The van der Waals surface area contributed by atoms with E-state index in [1.807, 2.05) is 25.1 Å². The Morgan fingerprint density at radius 2 is 2.23 bits per heavy atom. The van der Waals surface area contributed by atoms with Gasteiger partial charge >= 0.3 is 0 Å². The van der Waals surface area contributed by atoms with Crippen molar-refractivity contribution in [2.24, 2.45) is 0 Å². The maximum Gasteiger partial charge on any atom is 0.219 e. The number of aromatic hydroxyl groups is 1. The lowest BCUT2D eigenvalue weighted by Gasteiger charge is -2.26. The molecule has 1 aromatic heterocycles. The number of nitrogens with zero attached hydrogens (tertiary/aromatic N) is 1. The topological polar surface area (TPSA) is 100 Å². The summed E-state index contributed by atoms with van der Waals surface area (Å²) < 4.78 is 0. The molecule has 0 saturated carbocycles. The van der Waals surface area contributed by atoms with Crippen molar-refractivity contribution >= 4 is 11.7 Å². The van der Waals surface area contributed by atoms with E-state index >= 15 is 0 Å². The minimum Gasteiger partial charge on any atom is -0.507 e. The van der Waals surface area contributed by atoms with Crippen LogP contribution < -0.4 is 16.4 Å². The van der Waals surface area contributed by atoms with Gasteiger partial charge in [0.05, 0.1) is 5.69 Å². The summed E-state index contributed by atoms with van der Waals surface area (Å²) >= 11 is 0. The van der Waals surface area contributed by atoms with Gasteiger partial charge in [-0.3, -0.25) is 4.79 Å². The molecule has 3 rings (SSSR count). The van der Waals surface area contributed by atoms with Gasteiger partial charge in [0.1, 0.15) is 11.6 Å². The van der Waals surface area contributed by atoms with Crippen molar-refractivity contribution < 1.29 is 9.90 Å². The molecule has 1 aromatic carbocycles. The van der Waals surface area contributed by atoms with Gasteiger partial charge in [0, 0.05) is 30.6 Å². The van der Waals surface area contributed by atoms with Gasteiger partial charge in [-0.25, -0.2) is 4.98 Å². The second-order valence-electron chi connectivity index (χ2n) is 6.65. The molecule has 1 atom stereocenters. The molecule has 6 heteroatoms. The molecular weight excluding hydrogens is 328 g/mol. The van der Waals surface area contributed by atoms with Crippen LogP contribution in [-0.2, 0) is 11.3 Å². The Labute approximate surface area is 153 Å². The SMILES string of the molecule is CCC(=O)NCc1c(C2CCCNC2)cc(-c2ccccc2O)nc1N. The molecule has 1 amide bonds. The molecule has 2 heterocycles. The highest BCUT2D eigenvalue weighted by Gasteiger charge is 2.22. The second kappa shape index (κ2) is 8.19. The fraction of sp³-hybridized carbons (Fsp3) is 0.400. The van der Waals surface area contributed by atoms with Gasteiger partial charge < -0.3 is 21.5 Å². The van der Waals surface area contributed by atoms with Crippen molar-refractivity contribution in [1.29, 1.82) is 0 Å². The summed E-state index contributed by atoms with van der Waals surface area (Å²) in [5, 5.41) is 16.5. The van der Waals surface area contributed by atoms with Crippen LogP contribution in [0.5, 0.6) is 5.75 Å². The molecule has 26 heavy (non-hydrogen) atoms. The fourth-order valence-corrected chi connectivity index (χ4v) is 3.43. The molecule has 1 unspecified atom stereocenters. The minimum atomic E-state index is -0.0121. The molecule has 1 fully saturated rings. The predicted octanol–water partition coefficient (Wildman–Crippen LogP) is 2.53. The zero-order valence-corrected chi connectivity index (χ0v) is 15.1. The van der Waals surface area contributed by atoms with Crippen LogP contribution in [0.4, 0.5) is 5.82 Å². The zero-order chi connectivity index (χ0) is 18.5. The van der Waals surface area contributed by atoms with Crippen molar-refractivity contribution in [3.05, 3.63) is 41.5 Å². The first-order chi connectivity index (χ1) is 12.6. The number of hydrogen-bond acceptors (Lipinski definition) is 5. The molecular formula is C20H26N4O2. The van der Waals surface area contributed by atoms with E-state index in [1.165, 1.54) is 0 Å². The van der Waals surface area contributed by atoms with Gasteiger partial charge in [-0.05, 0) is 49.1 Å². The second-order valence-corrected chi connectivity index (χ2v) is 6.65. The van der Waals surface area contributed by atoms with Crippen molar-refractivity contribution in [3.8, 4) is 17.0 Å². The van der Waals surface area contributed by atoms with E-state index in [9.17, 15) is 9.90 Å². The van der Waals surface area contributed by atoms with Crippen LogP contribution >= 0.6 is 0 Å².